The van der Waals surface area contributed by atoms with Crippen LogP contribution in [0.3, 0.4) is 0 Å². The third-order valence-electron chi connectivity index (χ3n) is 3.89. The molecular weight excluding hydrogens is 499 g/mol. The average Bonchev–Trinajstić information content (AvgIpc) is 2.92. The van der Waals surface area contributed by atoms with E-state index in [9.17, 15) is 8.42 Å². The third kappa shape index (κ3) is 7.00. The molecule has 1 aromatic heterocycles. The van der Waals surface area contributed by atoms with Crippen molar-refractivity contribution in [1.82, 2.24) is 14.8 Å². The number of halogens is 2. The van der Waals surface area contributed by atoms with E-state index in [0.717, 1.165) is 5.69 Å². The second-order valence-corrected chi connectivity index (χ2v) is 8.53. The van der Waals surface area contributed by atoms with Crippen molar-refractivity contribution in [3.63, 3.8) is 0 Å². The number of guanidine groups is 1. The highest BCUT2D eigenvalue weighted by Gasteiger charge is 2.14. The maximum atomic E-state index is 12.4. The molecule has 150 valence electrons. The Morgan fingerprint density at radius 1 is 1.30 bits per heavy atom. The van der Waals surface area contributed by atoms with Crippen LogP contribution in [0.2, 0.25) is 5.02 Å². The van der Waals surface area contributed by atoms with Crippen molar-refractivity contribution >= 4 is 51.4 Å². The van der Waals surface area contributed by atoms with E-state index in [2.05, 4.69) is 10.3 Å². The number of sulfone groups is 1. The third-order valence-corrected chi connectivity index (χ3v) is 5.81. The molecule has 0 spiro atoms. The number of hydrogen-bond donors (Lipinski definition) is 1. The predicted octanol–water partition coefficient (Wildman–Crippen LogP) is 3.17. The van der Waals surface area contributed by atoms with Crippen molar-refractivity contribution in [3.8, 4) is 0 Å². The molecule has 0 fully saturated rings. The highest BCUT2D eigenvalue weighted by atomic mass is 127. The van der Waals surface area contributed by atoms with Gasteiger partial charge in [-0.15, -0.1) is 24.0 Å². The number of aryl methyl sites for hydroxylation is 1. The van der Waals surface area contributed by atoms with Crippen LogP contribution in [0.15, 0.2) is 52.5 Å². The van der Waals surface area contributed by atoms with E-state index in [1.807, 2.05) is 42.7 Å². The zero-order valence-corrected chi connectivity index (χ0v) is 19.6. The highest BCUT2D eigenvalue weighted by molar-refractivity contribution is 14.0. The van der Waals surface area contributed by atoms with Crippen LogP contribution in [0.5, 0.6) is 0 Å². The van der Waals surface area contributed by atoms with E-state index < -0.39 is 9.84 Å². The van der Waals surface area contributed by atoms with Gasteiger partial charge in [0.05, 0.1) is 28.8 Å². The van der Waals surface area contributed by atoms with Crippen molar-refractivity contribution < 1.29 is 8.42 Å². The lowest BCUT2D eigenvalue weighted by Gasteiger charge is -2.22. The van der Waals surface area contributed by atoms with Crippen LogP contribution >= 0.6 is 35.6 Å². The molecule has 0 radical (unpaired) electrons. The van der Waals surface area contributed by atoms with Crippen LogP contribution in [0.25, 0.3) is 0 Å². The fraction of sp³-hybridized carbons (Fsp3) is 0.389. The first-order valence-corrected chi connectivity index (χ1v) is 10.4. The standard InChI is InChI=1S/C18H25ClN4O2S.HI/c1-4-20-18(23(3)14-16-12-15(19)13-22(16)2)21-10-11-26(24,25)17-8-6-5-7-9-17;/h5-9,12-13H,4,10-11,14H2,1-3H3,(H,20,21);1H. The lowest BCUT2D eigenvalue weighted by molar-refractivity contribution is 0.462. The molecule has 0 bridgehead atoms. The number of nitrogens with one attached hydrogen (secondary N) is 1. The molecule has 0 aliphatic carbocycles. The number of benzene rings is 1. The molecule has 0 saturated carbocycles. The van der Waals surface area contributed by atoms with Crippen molar-refractivity contribution in [2.24, 2.45) is 12.0 Å². The Morgan fingerprint density at radius 2 is 1.96 bits per heavy atom. The summed E-state index contributed by atoms with van der Waals surface area (Å²) >= 11 is 6.03. The van der Waals surface area contributed by atoms with Gasteiger partial charge in [-0.3, -0.25) is 4.99 Å². The Hall–Kier alpha value is -1.26. The first-order valence-electron chi connectivity index (χ1n) is 8.41. The maximum absolute atomic E-state index is 12.4. The molecule has 0 saturated heterocycles. The number of hydrogen-bond acceptors (Lipinski definition) is 3. The fourth-order valence-corrected chi connectivity index (χ4v) is 3.94. The van der Waals surface area contributed by atoms with E-state index in [0.29, 0.717) is 29.0 Å². The van der Waals surface area contributed by atoms with Gasteiger partial charge in [0.1, 0.15) is 0 Å². The Kier molecular flexibility index (Phi) is 9.61. The van der Waals surface area contributed by atoms with Gasteiger partial charge in [0.15, 0.2) is 15.8 Å². The summed E-state index contributed by atoms with van der Waals surface area (Å²) in [5.41, 5.74) is 1.04. The monoisotopic (exact) mass is 524 g/mol. The van der Waals surface area contributed by atoms with Gasteiger partial charge in [0.2, 0.25) is 0 Å². The Balaban J connectivity index is 0.00000364. The van der Waals surface area contributed by atoms with Crippen molar-refractivity contribution in [3.05, 3.63) is 53.3 Å². The number of aliphatic imine (C=N–C) groups is 1. The predicted molar refractivity (Wildman–Crippen MR) is 122 cm³/mol. The molecule has 9 heteroatoms. The highest BCUT2D eigenvalue weighted by Crippen LogP contribution is 2.14. The minimum absolute atomic E-state index is 0. The van der Waals surface area contributed by atoms with E-state index in [1.165, 1.54) is 0 Å². The normalized spacial score (nSPS) is 11.8. The van der Waals surface area contributed by atoms with Gasteiger partial charge in [0, 0.05) is 32.5 Å². The summed E-state index contributed by atoms with van der Waals surface area (Å²) in [5.74, 6) is 0.628. The molecule has 2 rings (SSSR count). The zero-order chi connectivity index (χ0) is 19.2. The van der Waals surface area contributed by atoms with Crippen molar-refractivity contribution in [2.75, 3.05) is 25.9 Å². The van der Waals surface area contributed by atoms with Crippen LogP contribution < -0.4 is 5.32 Å². The first kappa shape index (κ1) is 23.8. The van der Waals surface area contributed by atoms with Gasteiger partial charge in [-0.1, -0.05) is 29.8 Å². The molecule has 0 unspecified atom stereocenters. The first-order chi connectivity index (χ1) is 12.3. The lowest BCUT2D eigenvalue weighted by atomic mass is 10.4. The number of nitrogens with zero attached hydrogens (tertiary/aromatic N) is 3. The fourth-order valence-electron chi connectivity index (χ4n) is 2.53. The van der Waals surface area contributed by atoms with Gasteiger partial charge in [-0.25, -0.2) is 8.42 Å². The molecule has 6 nitrogen and oxygen atoms in total. The van der Waals surface area contributed by atoms with Crippen LogP contribution in [0.1, 0.15) is 12.6 Å². The SMILES string of the molecule is CCNC(=NCCS(=O)(=O)c1ccccc1)N(C)Cc1cc(Cl)cn1C.I. The molecular formula is C18H26ClIN4O2S. The molecule has 1 N–H and O–H groups in total. The summed E-state index contributed by atoms with van der Waals surface area (Å²) in [6.07, 6.45) is 1.85. The quantitative estimate of drug-likeness (QED) is 0.343. The van der Waals surface area contributed by atoms with Gasteiger partial charge >= 0.3 is 0 Å². The minimum Gasteiger partial charge on any atom is -0.357 e. The summed E-state index contributed by atoms with van der Waals surface area (Å²) in [5, 5.41) is 3.88. The Labute approximate surface area is 183 Å². The lowest BCUT2D eigenvalue weighted by Crippen LogP contribution is -2.39. The summed E-state index contributed by atoms with van der Waals surface area (Å²) in [7, 11) is 0.513. The van der Waals surface area contributed by atoms with Crippen LogP contribution in [-0.4, -0.2) is 49.7 Å². The maximum Gasteiger partial charge on any atom is 0.194 e. The molecule has 0 amide bonds. The largest absolute Gasteiger partial charge is 0.357 e. The molecule has 0 atom stereocenters. The molecule has 0 aliphatic heterocycles. The minimum atomic E-state index is -3.33. The molecule has 1 heterocycles. The van der Waals surface area contributed by atoms with E-state index in [4.69, 9.17) is 11.6 Å². The zero-order valence-electron chi connectivity index (χ0n) is 15.7. The molecule has 0 aliphatic rings. The van der Waals surface area contributed by atoms with E-state index in [-0.39, 0.29) is 36.3 Å². The molecule has 1 aromatic carbocycles. The van der Waals surface area contributed by atoms with E-state index >= 15 is 0 Å². The van der Waals surface area contributed by atoms with Crippen LogP contribution in [0, 0.1) is 0 Å². The molecule has 2 aromatic rings. The van der Waals surface area contributed by atoms with Gasteiger partial charge in [-0.2, -0.15) is 0 Å². The van der Waals surface area contributed by atoms with E-state index in [1.54, 1.807) is 30.3 Å². The van der Waals surface area contributed by atoms with Gasteiger partial charge in [0.25, 0.3) is 0 Å². The summed E-state index contributed by atoms with van der Waals surface area (Å²) in [4.78, 5) is 6.74. The van der Waals surface area contributed by atoms with Crippen molar-refractivity contribution in [1.29, 1.82) is 0 Å². The van der Waals surface area contributed by atoms with Crippen molar-refractivity contribution in [2.45, 2.75) is 18.4 Å². The smallest absolute Gasteiger partial charge is 0.194 e. The van der Waals surface area contributed by atoms with Gasteiger partial charge in [-0.05, 0) is 25.1 Å². The molecule has 27 heavy (non-hydrogen) atoms. The van der Waals surface area contributed by atoms with Crippen LogP contribution in [-0.2, 0) is 23.4 Å². The second-order valence-electron chi connectivity index (χ2n) is 5.98. The van der Waals surface area contributed by atoms with Crippen LogP contribution in [0.4, 0.5) is 0 Å². The number of rotatable bonds is 7. The Bertz CT molecular complexity index is 854. The Morgan fingerprint density at radius 3 is 2.52 bits per heavy atom. The summed E-state index contributed by atoms with van der Waals surface area (Å²) in [6.45, 7) is 3.48. The number of aromatic nitrogens is 1. The second kappa shape index (κ2) is 10.9. The summed E-state index contributed by atoms with van der Waals surface area (Å²) < 4.78 is 26.7. The summed E-state index contributed by atoms with van der Waals surface area (Å²) in [6, 6.07) is 10.4. The average molecular weight is 525 g/mol. The van der Waals surface area contributed by atoms with Gasteiger partial charge < -0.3 is 14.8 Å². The topological polar surface area (TPSA) is 66.7 Å².